The van der Waals surface area contributed by atoms with Crippen molar-refractivity contribution in [2.45, 2.75) is 44.6 Å². The lowest BCUT2D eigenvalue weighted by Gasteiger charge is -2.24. The van der Waals surface area contributed by atoms with Crippen molar-refractivity contribution >= 4 is 17.8 Å². The van der Waals surface area contributed by atoms with Gasteiger partial charge in [-0.05, 0) is 24.8 Å². The molecular formula is C20H26N2O4. The molecule has 1 heterocycles. The van der Waals surface area contributed by atoms with Crippen LogP contribution in [0.1, 0.15) is 37.7 Å². The molecule has 6 heteroatoms. The zero-order valence-electron chi connectivity index (χ0n) is 14.9. The Labute approximate surface area is 153 Å². The minimum atomic E-state index is -0.927. The Bertz CT molecular complexity index is 655. The monoisotopic (exact) mass is 358 g/mol. The summed E-state index contributed by atoms with van der Waals surface area (Å²) < 4.78 is 0. The van der Waals surface area contributed by atoms with E-state index in [4.69, 9.17) is 0 Å². The summed E-state index contributed by atoms with van der Waals surface area (Å²) in [6.45, 7) is 0.545. The third-order valence-corrected chi connectivity index (χ3v) is 5.49. The molecule has 140 valence electrons. The number of likely N-dealkylation sites (tertiary alicyclic amines) is 1. The molecule has 2 fully saturated rings. The van der Waals surface area contributed by atoms with Gasteiger partial charge in [0, 0.05) is 25.6 Å². The van der Waals surface area contributed by atoms with E-state index in [-0.39, 0.29) is 36.7 Å². The highest BCUT2D eigenvalue weighted by atomic mass is 16.4. The van der Waals surface area contributed by atoms with Crippen LogP contribution in [0.3, 0.4) is 0 Å². The first kappa shape index (κ1) is 18.4. The highest BCUT2D eigenvalue weighted by Crippen LogP contribution is 2.29. The van der Waals surface area contributed by atoms with E-state index in [0.29, 0.717) is 13.0 Å². The number of hydrogen-bond donors (Lipinski definition) is 2. The maximum atomic E-state index is 12.4. The second kappa shape index (κ2) is 8.34. The van der Waals surface area contributed by atoms with E-state index in [1.165, 1.54) is 0 Å². The van der Waals surface area contributed by atoms with E-state index in [2.05, 4.69) is 5.32 Å². The summed E-state index contributed by atoms with van der Waals surface area (Å²) in [5.41, 5.74) is 0.928. The highest BCUT2D eigenvalue weighted by Gasteiger charge is 2.38. The minimum Gasteiger partial charge on any atom is -0.481 e. The van der Waals surface area contributed by atoms with Gasteiger partial charge in [-0.1, -0.05) is 43.2 Å². The quantitative estimate of drug-likeness (QED) is 0.779. The van der Waals surface area contributed by atoms with Gasteiger partial charge in [0.2, 0.25) is 11.8 Å². The van der Waals surface area contributed by atoms with Crippen molar-refractivity contribution in [1.82, 2.24) is 10.2 Å². The van der Waals surface area contributed by atoms with Crippen LogP contribution < -0.4 is 5.32 Å². The predicted octanol–water partition coefficient (Wildman–Crippen LogP) is 1.84. The Morgan fingerprint density at radius 3 is 2.54 bits per heavy atom. The van der Waals surface area contributed by atoms with Crippen molar-refractivity contribution in [2.24, 2.45) is 11.8 Å². The van der Waals surface area contributed by atoms with Crippen molar-refractivity contribution in [2.75, 3.05) is 13.1 Å². The number of carboxylic acid groups (broad SMARTS) is 1. The maximum Gasteiger partial charge on any atom is 0.308 e. The molecule has 1 aromatic carbocycles. The van der Waals surface area contributed by atoms with Gasteiger partial charge in [-0.2, -0.15) is 0 Å². The Hall–Kier alpha value is -2.37. The predicted molar refractivity (Wildman–Crippen MR) is 96.4 cm³/mol. The summed E-state index contributed by atoms with van der Waals surface area (Å²) in [7, 11) is 0. The zero-order chi connectivity index (χ0) is 18.5. The minimum absolute atomic E-state index is 0.0520. The number of nitrogens with zero attached hydrogens (tertiary/aromatic N) is 1. The van der Waals surface area contributed by atoms with Crippen LogP contribution in [0, 0.1) is 11.8 Å². The molecule has 0 radical (unpaired) electrons. The Balaban J connectivity index is 1.52. The van der Waals surface area contributed by atoms with Crippen LogP contribution in [-0.2, 0) is 20.8 Å². The lowest BCUT2D eigenvalue weighted by Crippen LogP contribution is -2.39. The number of aliphatic carboxylic acids is 1. The van der Waals surface area contributed by atoms with Gasteiger partial charge in [0.25, 0.3) is 0 Å². The summed E-state index contributed by atoms with van der Waals surface area (Å²) in [6.07, 6.45) is 4.94. The summed E-state index contributed by atoms with van der Waals surface area (Å²) in [5.74, 6) is -2.13. The van der Waals surface area contributed by atoms with E-state index < -0.39 is 11.9 Å². The number of carbonyl (C=O) groups excluding carboxylic acids is 2. The summed E-state index contributed by atoms with van der Waals surface area (Å²) in [4.78, 5) is 38.0. The van der Waals surface area contributed by atoms with Gasteiger partial charge in [-0.15, -0.1) is 0 Å². The molecule has 2 N–H and O–H groups in total. The number of amides is 2. The molecule has 1 aliphatic heterocycles. The lowest BCUT2D eigenvalue weighted by atomic mass is 9.99. The standard InChI is InChI=1S/C20H26N2O4/c23-18-11-16(13-22(18)17-8-4-5-9-17)19(24)21-12-15(20(25)26)10-14-6-2-1-3-7-14/h1-3,6-7,15-17H,4-5,8-13H2,(H,21,24)(H,25,26). The topological polar surface area (TPSA) is 86.7 Å². The Morgan fingerprint density at radius 2 is 1.88 bits per heavy atom. The van der Waals surface area contributed by atoms with Gasteiger partial charge < -0.3 is 15.3 Å². The van der Waals surface area contributed by atoms with Crippen LogP contribution in [0.5, 0.6) is 0 Å². The number of nitrogens with one attached hydrogen (secondary N) is 1. The Kier molecular flexibility index (Phi) is 5.91. The van der Waals surface area contributed by atoms with E-state index >= 15 is 0 Å². The molecule has 2 unspecified atom stereocenters. The fraction of sp³-hybridized carbons (Fsp3) is 0.550. The third kappa shape index (κ3) is 4.42. The van der Waals surface area contributed by atoms with Crippen molar-refractivity contribution in [1.29, 1.82) is 0 Å². The maximum absolute atomic E-state index is 12.4. The van der Waals surface area contributed by atoms with Crippen LogP contribution in [0.2, 0.25) is 0 Å². The zero-order valence-corrected chi connectivity index (χ0v) is 14.9. The second-order valence-corrected chi connectivity index (χ2v) is 7.36. The van der Waals surface area contributed by atoms with Gasteiger partial charge in [0.15, 0.2) is 0 Å². The summed E-state index contributed by atoms with van der Waals surface area (Å²) >= 11 is 0. The molecule has 2 amide bonds. The number of benzene rings is 1. The molecule has 2 aliphatic rings. The lowest BCUT2D eigenvalue weighted by molar-refractivity contribution is -0.141. The van der Waals surface area contributed by atoms with E-state index in [1.54, 1.807) is 0 Å². The number of carbonyl (C=O) groups is 3. The molecule has 26 heavy (non-hydrogen) atoms. The molecule has 2 atom stereocenters. The van der Waals surface area contributed by atoms with E-state index in [9.17, 15) is 19.5 Å². The first-order chi connectivity index (χ1) is 12.5. The molecule has 1 saturated heterocycles. The normalized spacial score (nSPS) is 21.8. The van der Waals surface area contributed by atoms with Crippen LogP contribution >= 0.6 is 0 Å². The summed E-state index contributed by atoms with van der Waals surface area (Å²) in [5, 5.41) is 12.2. The van der Waals surface area contributed by atoms with Crippen LogP contribution in [0.4, 0.5) is 0 Å². The van der Waals surface area contributed by atoms with Crippen molar-refractivity contribution in [3.8, 4) is 0 Å². The fourth-order valence-electron chi connectivity index (χ4n) is 3.99. The SMILES string of the molecule is O=C(O)C(CNC(=O)C1CC(=O)N(C2CCCC2)C1)Cc1ccccc1. The van der Waals surface area contributed by atoms with Gasteiger partial charge in [0.1, 0.15) is 0 Å². The average Bonchev–Trinajstić information content (AvgIpc) is 3.28. The Morgan fingerprint density at radius 1 is 1.19 bits per heavy atom. The molecule has 3 rings (SSSR count). The van der Waals surface area contributed by atoms with Gasteiger partial charge in [-0.25, -0.2) is 0 Å². The van der Waals surface area contributed by atoms with Gasteiger partial charge >= 0.3 is 5.97 Å². The summed E-state index contributed by atoms with van der Waals surface area (Å²) in [6, 6.07) is 9.67. The van der Waals surface area contributed by atoms with E-state index in [0.717, 1.165) is 31.2 Å². The molecule has 1 aliphatic carbocycles. The van der Waals surface area contributed by atoms with Gasteiger partial charge in [0.05, 0.1) is 11.8 Å². The largest absolute Gasteiger partial charge is 0.481 e. The second-order valence-electron chi connectivity index (χ2n) is 7.36. The molecule has 0 bridgehead atoms. The molecule has 1 saturated carbocycles. The van der Waals surface area contributed by atoms with Crippen LogP contribution in [0.15, 0.2) is 30.3 Å². The van der Waals surface area contributed by atoms with E-state index in [1.807, 2.05) is 35.2 Å². The smallest absolute Gasteiger partial charge is 0.308 e. The van der Waals surface area contributed by atoms with Crippen LogP contribution in [-0.4, -0.2) is 46.9 Å². The molecular weight excluding hydrogens is 332 g/mol. The van der Waals surface area contributed by atoms with Gasteiger partial charge in [-0.3, -0.25) is 14.4 Å². The van der Waals surface area contributed by atoms with Crippen molar-refractivity contribution in [3.05, 3.63) is 35.9 Å². The van der Waals surface area contributed by atoms with Crippen molar-refractivity contribution < 1.29 is 19.5 Å². The fourth-order valence-corrected chi connectivity index (χ4v) is 3.99. The number of carboxylic acids is 1. The molecule has 0 spiro atoms. The number of hydrogen-bond acceptors (Lipinski definition) is 3. The molecule has 0 aromatic heterocycles. The number of rotatable bonds is 7. The molecule has 1 aromatic rings. The first-order valence-electron chi connectivity index (χ1n) is 9.38. The third-order valence-electron chi connectivity index (χ3n) is 5.49. The van der Waals surface area contributed by atoms with Crippen molar-refractivity contribution in [3.63, 3.8) is 0 Å². The van der Waals surface area contributed by atoms with Crippen LogP contribution in [0.25, 0.3) is 0 Å². The first-order valence-corrected chi connectivity index (χ1v) is 9.38. The highest BCUT2D eigenvalue weighted by molar-refractivity contribution is 5.89. The average molecular weight is 358 g/mol. The molecule has 6 nitrogen and oxygen atoms in total.